The van der Waals surface area contributed by atoms with E-state index in [1.165, 1.54) is 17.0 Å². The molecule has 0 radical (unpaired) electrons. The summed E-state index contributed by atoms with van der Waals surface area (Å²) in [6.07, 6.45) is 2.62. The number of Topliss-reactive ketones (excluding diaryl/α,β-unsaturated/α-hetero) is 1. The summed E-state index contributed by atoms with van der Waals surface area (Å²) >= 11 is 0. The fourth-order valence-electron chi connectivity index (χ4n) is 5.47. The van der Waals surface area contributed by atoms with E-state index in [9.17, 15) is 19.1 Å². The Labute approximate surface area is 213 Å². The number of likely N-dealkylation sites (tertiary alicyclic amines) is 1. The summed E-state index contributed by atoms with van der Waals surface area (Å²) in [4.78, 5) is 28.4. The molecule has 1 fully saturated rings. The molecule has 6 nitrogen and oxygen atoms in total. The second kappa shape index (κ2) is 8.62. The third-order valence-corrected chi connectivity index (χ3v) is 7.20. The minimum Gasteiger partial charge on any atom is -0.507 e. The van der Waals surface area contributed by atoms with Crippen LogP contribution in [0.4, 0.5) is 4.39 Å². The standard InChI is InChI=1S/C30H25FN2O4/c1-17-13-20-14-19(9-12-25(20)37-17)28(34)26-27(23-16-32(2)24-6-4-3-5-22(23)24)33(30(36)29(26)35)15-18-7-10-21(31)11-8-18/h3-12,14,16-17,27,34H,13,15H2,1-2H3/b28-26+. The third kappa shape index (κ3) is 3.78. The minimum absolute atomic E-state index is 0.0318. The zero-order chi connectivity index (χ0) is 25.8. The van der Waals surface area contributed by atoms with Gasteiger partial charge in [-0.15, -0.1) is 0 Å². The predicted molar refractivity (Wildman–Crippen MR) is 137 cm³/mol. The van der Waals surface area contributed by atoms with Crippen LogP contribution in [0.2, 0.25) is 0 Å². The van der Waals surface area contributed by atoms with Gasteiger partial charge in [0.15, 0.2) is 0 Å². The number of ketones is 1. The lowest BCUT2D eigenvalue weighted by atomic mass is 9.94. The molecule has 3 aromatic carbocycles. The van der Waals surface area contributed by atoms with Crippen LogP contribution in [0.15, 0.2) is 78.5 Å². The predicted octanol–water partition coefficient (Wildman–Crippen LogP) is 5.26. The van der Waals surface area contributed by atoms with Gasteiger partial charge in [-0.2, -0.15) is 0 Å². The van der Waals surface area contributed by atoms with Crippen molar-refractivity contribution in [1.82, 2.24) is 9.47 Å². The van der Waals surface area contributed by atoms with Crippen molar-refractivity contribution in [1.29, 1.82) is 0 Å². The highest BCUT2D eigenvalue weighted by Gasteiger charge is 2.47. The van der Waals surface area contributed by atoms with E-state index in [0.717, 1.165) is 27.8 Å². The number of ether oxygens (including phenoxy) is 1. The molecule has 1 aromatic heterocycles. The van der Waals surface area contributed by atoms with E-state index in [0.29, 0.717) is 17.5 Å². The summed E-state index contributed by atoms with van der Waals surface area (Å²) in [7, 11) is 1.90. The Balaban J connectivity index is 1.53. The zero-order valence-corrected chi connectivity index (χ0v) is 20.4. The maximum absolute atomic E-state index is 13.5. The van der Waals surface area contributed by atoms with E-state index >= 15 is 0 Å². The number of benzene rings is 3. The van der Waals surface area contributed by atoms with Crippen molar-refractivity contribution in [3.8, 4) is 5.75 Å². The maximum atomic E-state index is 13.5. The first-order valence-electron chi connectivity index (χ1n) is 12.2. The summed E-state index contributed by atoms with van der Waals surface area (Å²) in [5, 5.41) is 12.4. The summed E-state index contributed by atoms with van der Waals surface area (Å²) in [6, 6.07) is 18.1. The average molecular weight is 497 g/mol. The Hall–Kier alpha value is -4.39. The molecule has 7 heteroatoms. The summed E-state index contributed by atoms with van der Waals surface area (Å²) in [5.74, 6) is -1.30. The first-order valence-corrected chi connectivity index (χ1v) is 12.2. The SMILES string of the molecule is CC1Cc2cc(/C(O)=C3\C(=O)C(=O)N(Cc4ccc(F)cc4)C3c3cn(C)c4ccccc34)ccc2O1. The van der Waals surface area contributed by atoms with Crippen LogP contribution in [-0.2, 0) is 29.6 Å². The number of hydrogen-bond donors (Lipinski definition) is 1. The van der Waals surface area contributed by atoms with Crippen molar-refractivity contribution in [2.75, 3.05) is 0 Å². The van der Waals surface area contributed by atoms with Crippen molar-refractivity contribution >= 4 is 28.4 Å². The van der Waals surface area contributed by atoms with Crippen LogP contribution in [-0.4, -0.2) is 32.4 Å². The number of aliphatic hydroxyl groups is 1. The lowest BCUT2D eigenvalue weighted by Crippen LogP contribution is -2.29. The average Bonchev–Trinajstić information content (AvgIpc) is 3.51. The van der Waals surface area contributed by atoms with Crippen LogP contribution in [0.5, 0.6) is 5.75 Å². The Kier molecular flexibility index (Phi) is 5.37. The molecule has 0 saturated carbocycles. The normalized spacial score (nSPS) is 20.5. The van der Waals surface area contributed by atoms with Crippen LogP contribution < -0.4 is 4.74 Å². The molecule has 6 rings (SSSR count). The fraction of sp³-hybridized carbons (Fsp3) is 0.200. The Bertz CT molecular complexity index is 1600. The highest BCUT2D eigenvalue weighted by Crippen LogP contribution is 2.43. The van der Waals surface area contributed by atoms with Gasteiger partial charge < -0.3 is 19.3 Å². The number of aliphatic hydroxyl groups excluding tert-OH is 1. The fourth-order valence-corrected chi connectivity index (χ4v) is 5.47. The van der Waals surface area contributed by atoms with E-state index < -0.39 is 17.7 Å². The smallest absolute Gasteiger partial charge is 0.295 e. The van der Waals surface area contributed by atoms with Gasteiger partial charge in [0.1, 0.15) is 23.4 Å². The highest BCUT2D eigenvalue weighted by molar-refractivity contribution is 6.46. The molecule has 1 saturated heterocycles. The molecule has 4 aromatic rings. The minimum atomic E-state index is -0.820. The first-order chi connectivity index (χ1) is 17.8. The number of rotatable bonds is 4. The maximum Gasteiger partial charge on any atom is 0.295 e. The van der Waals surface area contributed by atoms with Gasteiger partial charge in [0.25, 0.3) is 11.7 Å². The number of fused-ring (bicyclic) bond motifs is 2. The molecule has 3 heterocycles. The molecule has 0 bridgehead atoms. The van der Waals surface area contributed by atoms with Gasteiger partial charge in [0, 0.05) is 48.2 Å². The molecule has 0 spiro atoms. The molecule has 2 atom stereocenters. The number of hydrogen-bond acceptors (Lipinski definition) is 4. The highest BCUT2D eigenvalue weighted by atomic mass is 19.1. The van der Waals surface area contributed by atoms with Gasteiger partial charge in [-0.25, -0.2) is 4.39 Å². The van der Waals surface area contributed by atoms with Crippen LogP contribution in [0.25, 0.3) is 16.7 Å². The van der Waals surface area contributed by atoms with Crippen LogP contribution in [0.3, 0.4) is 0 Å². The molecule has 1 amide bonds. The molecule has 2 aliphatic heterocycles. The molecule has 186 valence electrons. The van der Waals surface area contributed by atoms with Crippen molar-refractivity contribution in [2.24, 2.45) is 7.05 Å². The lowest BCUT2D eigenvalue weighted by molar-refractivity contribution is -0.140. The second-order valence-corrected chi connectivity index (χ2v) is 9.72. The Morgan fingerprint density at radius 3 is 2.62 bits per heavy atom. The quantitative estimate of drug-likeness (QED) is 0.238. The first kappa shape index (κ1) is 23.0. The Morgan fingerprint density at radius 1 is 1.08 bits per heavy atom. The molecule has 2 unspecified atom stereocenters. The molecule has 1 N–H and O–H groups in total. The number of halogens is 1. The van der Waals surface area contributed by atoms with Gasteiger partial charge in [-0.1, -0.05) is 30.3 Å². The van der Waals surface area contributed by atoms with Gasteiger partial charge in [-0.3, -0.25) is 9.59 Å². The van der Waals surface area contributed by atoms with E-state index in [1.807, 2.05) is 55.1 Å². The van der Waals surface area contributed by atoms with E-state index in [4.69, 9.17) is 4.74 Å². The second-order valence-electron chi connectivity index (χ2n) is 9.72. The lowest BCUT2D eigenvalue weighted by Gasteiger charge is -2.25. The van der Waals surface area contributed by atoms with E-state index in [2.05, 4.69) is 0 Å². The van der Waals surface area contributed by atoms with Gasteiger partial charge in [0.05, 0.1) is 11.6 Å². The largest absolute Gasteiger partial charge is 0.507 e. The molecular weight excluding hydrogens is 471 g/mol. The number of amides is 1. The number of nitrogens with zero attached hydrogens (tertiary/aromatic N) is 2. The van der Waals surface area contributed by atoms with Gasteiger partial charge in [0.2, 0.25) is 0 Å². The van der Waals surface area contributed by atoms with Crippen LogP contribution >= 0.6 is 0 Å². The number of para-hydroxylation sites is 1. The molecule has 0 aliphatic carbocycles. The van der Waals surface area contributed by atoms with Crippen molar-refractivity contribution in [3.05, 3.63) is 107 Å². The third-order valence-electron chi connectivity index (χ3n) is 7.20. The van der Waals surface area contributed by atoms with Crippen molar-refractivity contribution in [3.63, 3.8) is 0 Å². The summed E-state index contributed by atoms with van der Waals surface area (Å²) in [6.45, 7) is 2.06. The molecule has 37 heavy (non-hydrogen) atoms. The van der Waals surface area contributed by atoms with E-state index in [-0.39, 0.29) is 29.8 Å². The number of aryl methyl sites for hydroxylation is 1. The summed E-state index contributed by atoms with van der Waals surface area (Å²) < 4.78 is 21.3. The molecular formula is C30H25FN2O4. The van der Waals surface area contributed by atoms with Gasteiger partial charge >= 0.3 is 0 Å². The topological polar surface area (TPSA) is 71.8 Å². The number of aromatic nitrogens is 1. The zero-order valence-electron chi connectivity index (χ0n) is 20.4. The van der Waals surface area contributed by atoms with Crippen molar-refractivity contribution in [2.45, 2.75) is 32.0 Å². The monoisotopic (exact) mass is 496 g/mol. The van der Waals surface area contributed by atoms with Crippen LogP contribution in [0.1, 0.15) is 35.2 Å². The van der Waals surface area contributed by atoms with Gasteiger partial charge in [-0.05, 0) is 54.4 Å². The van der Waals surface area contributed by atoms with E-state index in [1.54, 1.807) is 24.3 Å². The van der Waals surface area contributed by atoms with Crippen LogP contribution in [0, 0.1) is 5.82 Å². The number of carbonyl (C=O) groups is 2. The molecule has 2 aliphatic rings. The number of carbonyl (C=O) groups excluding carboxylic acids is 2. The Morgan fingerprint density at radius 2 is 1.84 bits per heavy atom. The van der Waals surface area contributed by atoms with Crippen molar-refractivity contribution < 1.29 is 23.8 Å². The summed E-state index contributed by atoms with van der Waals surface area (Å²) in [5.41, 5.74) is 3.79.